The van der Waals surface area contributed by atoms with Gasteiger partial charge in [0.05, 0.1) is 18.8 Å². The fraction of sp³-hybridized carbons (Fsp3) is 0.526. The van der Waals surface area contributed by atoms with Crippen LogP contribution in [-0.4, -0.2) is 43.7 Å². The number of carbonyl (C=O) groups is 1. The molecule has 0 bridgehead atoms. The zero-order valence-corrected chi connectivity index (χ0v) is 15.1. The van der Waals surface area contributed by atoms with Gasteiger partial charge < -0.3 is 14.4 Å². The first-order chi connectivity index (χ1) is 12.0. The molecule has 1 fully saturated rings. The summed E-state index contributed by atoms with van der Waals surface area (Å²) in [7, 11) is 0. The van der Waals surface area contributed by atoms with E-state index in [1.54, 1.807) is 4.90 Å². The summed E-state index contributed by atoms with van der Waals surface area (Å²) in [5.74, 6) is 5.33. The van der Waals surface area contributed by atoms with Crippen molar-refractivity contribution in [1.82, 2.24) is 4.90 Å². The molecule has 0 aromatic heterocycles. The lowest BCUT2D eigenvalue weighted by molar-refractivity contribution is -0.137. The summed E-state index contributed by atoms with van der Waals surface area (Å²) in [6.45, 7) is 7.07. The van der Waals surface area contributed by atoms with Crippen LogP contribution in [-0.2, 0) is 15.7 Å². The number of nitrogens with zero attached hydrogens (tertiary/aromatic N) is 1. The van der Waals surface area contributed by atoms with E-state index in [9.17, 15) is 18.0 Å². The van der Waals surface area contributed by atoms with E-state index in [2.05, 4.69) is 11.8 Å². The van der Waals surface area contributed by atoms with Gasteiger partial charge in [0.1, 0.15) is 5.75 Å². The molecule has 7 heteroatoms. The summed E-state index contributed by atoms with van der Waals surface area (Å²) in [5.41, 5.74) is -1.00. The Morgan fingerprint density at radius 2 is 1.85 bits per heavy atom. The van der Waals surface area contributed by atoms with Gasteiger partial charge in [-0.3, -0.25) is 4.79 Å². The number of hydrogen-bond donors (Lipinski definition) is 0. The molecule has 1 amide bonds. The quantitative estimate of drug-likeness (QED) is 0.767. The molecule has 0 saturated carbocycles. The van der Waals surface area contributed by atoms with E-state index in [1.807, 2.05) is 20.8 Å². The fourth-order valence-electron chi connectivity index (χ4n) is 2.23. The summed E-state index contributed by atoms with van der Waals surface area (Å²) in [6.07, 6.45) is -4.52. The molecule has 4 nitrogen and oxygen atoms in total. The van der Waals surface area contributed by atoms with E-state index in [0.717, 1.165) is 12.1 Å². The Hall–Kier alpha value is -2.20. The Kier molecular flexibility index (Phi) is 6.19. The predicted molar refractivity (Wildman–Crippen MR) is 90.7 cm³/mol. The second kappa shape index (κ2) is 8.00. The van der Waals surface area contributed by atoms with Crippen molar-refractivity contribution in [2.24, 2.45) is 5.41 Å². The predicted octanol–water partition coefficient (Wildman–Crippen LogP) is 3.34. The van der Waals surface area contributed by atoms with Crippen molar-refractivity contribution in [3.05, 3.63) is 29.3 Å². The van der Waals surface area contributed by atoms with Crippen molar-refractivity contribution in [2.45, 2.75) is 26.9 Å². The second-order valence-electron chi connectivity index (χ2n) is 7.03. The molecule has 1 saturated heterocycles. The molecular weight excluding hydrogens is 347 g/mol. The van der Waals surface area contributed by atoms with Gasteiger partial charge in [0.25, 0.3) is 5.91 Å². The SMILES string of the molecule is CC(C)(C)C#Cc1cc(OCC(=O)N2CCOCC2)cc(C(F)(F)F)c1. The molecule has 1 aromatic carbocycles. The van der Waals surface area contributed by atoms with Crippen molar-refractivity contribution < 1.29 is 27.4 Å². The molecule has 1 aliphatic heterocycles. The van der Waals surface area contributed by atoms with Crippen LogP contribution in [0.4, 0.5) is 13.2 Å². The van der Waals surface area contributed by atoms with Gasteiger partial charge in [-0.05, 0) is 39.0 Å². The summed E-state index contributed by atoms with van der Waals surface area (Å²) >= 11 is 0. The first kappa shape index (κ1) is 20.1. The molecule has 1 aliphatic rings. The number of hydrogen-bond acceptors (Lipinski definition) is 3. The maximum atomic E-state index is 13.1. The third kappa shape index (κ3) is 6.26. The van der Waals surface area contributed by atoms with E-state index in [1.165, 1.54) is 6.07 Å². The Morgan fingerprint density at radius 3 is 2.42 bits per heavy atom. The minimum atomic E-state index is -4.52. The van der Waals surface area contributed by atoms with Gasteiger partial charge in [0.15, 0.2) is 6.61 Å². The van der Waals surface area contributed by atoms with E-state index in [0.29, 0.717) is 26.3 Å². The van der Waals surface area contributed by atoms with E-state index in [4.69, 9.17) is 9.47 Å². The largest absolute Gasteiger partial charge is 0.484 e. The number of rotatable bonds is 3. The van der Waals surface area contributed by atoms with Crippen LogP contribution in [0.3, 0.4) is 0 Å². The lowest BCUT2D eigenvalue weighted by Crippen LogP contribution is -2.43. The van der Waals surface area contributed by atoms with Gasteiger partial charge in [0, 0.05) is 24.1 Å². The lowest BCUT2D eigenvalue weighted by Gasteiger charge is -2.26. The highest BCUT2D eigenvalue weighted by Crippen LogP contribution is 2.32. The van der Waals surface area contributed by atoms with Crippen molar-refractivity contribution in [2.75, 3.05) is 32.9 Å². The van der Waals surface area contributed by atoms with Gasteiger partial charge in [-0.1, -0.05) is 11.8 Å². The summed E-state index contributed by atoms with van der Waals surface area (Å²) < 4.78 is 49.8. The van der Waals surface area contributed by atoms with Crippen molar-refractivity contribution in [3.8, 4) is 17.6 Å². The summed E-state index contributed by atoms with van der Waals surface area (Å²) in [5, 5.41) is 0. The topological polar surface area (TPSA) is 38.8 Å². The number of carbonyl (C=O) groups excluding carboxylic acids is 1. The zero-order valence-electron chi connectivity index (χ0n) is 15.1. The van der Waals surface area contributed by atoms with Crippen LogP contribution in [0.25, 0.3) is 0 Å². The smallest absolute Gasteiger partial charge is 0.416 e. The van der Waals surface area contributed by atoms with E-state index < -0.39 is 11.7 Å². The first-order valence-electron chi connectivity index (χ1n) is 8.28. The van der Waals surface area contributed by atoms with Crippen LogP contribution in [0.2, 0.25) is 0 Å². The summed E-state index contributed by atoms with van der Waals surface area (Å²) in [6, 6.07) is 3.28. The van der Waals surface area contributed by atoms with Crippen LogP contribution in [0.15, 0.2) is 18.2 Å². The molecule has 2 rings (SSSR count). The monoisotopic (exact) mass is 369 g/mol. The maximum absolute atomic E-state index is 13.1. The number of ether oxygens (including phenoxy) is 2. The summed E-state index contributed by atoms with van der Waals surface area (Å²) in [4.78, 5) is 13.7. The molecule has 0 radical (unpaired) electrons. The molecule has 0 aliphatic carbocycles. The highest BCUT2D eigenvalue weighted by molar-refractivity contribution is 5.77. The highest BCUT2D eigenvalue weighted by atomic mass is 19.4. The Labute approximate surface area is 151 Å². The molecule has 142 valence electrons. The van der Waals surface area contributed by atoms with Crippen LogP contribution in [0.1, 0.15) is 31.9 Å². The normalized spacial score (nSPS) is 15.2. The average Bonchev–Trinajstić information content (AvgIpc) is 2.57. The molecular formula is C19H22F3NO3. The standard InChI is InChI=1S/C19H22F3NO3/c1-18(2,3)5-4-14-10-15(19(20,21)22)12-16(11-14)26-13-17(24)23-6-8-25-9-7-23/h10-12H,6-9,13H2,1-3H3. The van der Waals surface area contributed by atoms with Crippen molar-refractivity contribution in [1.29, 1.82) is 0 Å². The van der Waals surface area contributed by atoms with Crippen molar-refractivity contribution in [3.63, 3.8) is 0 Å². The second-order valence-corrected chi connectivity index (χ2v) is 7.03. The molecule has 0 unspecified atom stereocenters. The van der Waals surface area contributed by atoms with Crippen LogP contribution in [0, 0.1) is 17.3 Å². The Morgan fingerprint density at radius 1 is 1.19 bits per heavy atom. The molecule has 0 atom stereocenters. The third-order valence-corrected chi connectivity index (χ3v) is 3.54. The third-order valence-electron chi connectivity index (χ3n) is 3.54. The molecule has 1 heterocycles. The van der Waals surface area contributed by atoms with Gasteiger partial charge in [-0.25, -0.2) is 0 Å². The number of morpholine rings is 1. The Balaban J connectivity index is 2.17. The molecule has 1 aromatic rings. The van der Waals surface area contributed by atoms with Gasteiger partial charge >= 0.3 is 6.18 Å². The van der Waals surface area contributed by atoms with Gasteiger partial charge in [-0.15, -0.1) is 0 Å². The van der Waals surface area contributed by atoms with Crippen LogP contribution < -0.4 is 4.74 Å². The van der Waals surface area contributed by atoms with E-state index in [-0.39, 0.29) is 29.2 Å². The lowest BCUT2D eigenvalue weighted by atomic mass is 9.97. The number of halogens is 3. The minimum absolute atomic E-state index is 0.0281. The molecule has 26 heavy (non-hydrogen) atoms. The molecule has 0 spiro atoms. The van der Waals surface area contributed by atoms with E-state index >= 15 is 0 Å². The zero-order chi connectivity index (χ0) is 19.4. The minimum Gasteiger partial charge on any atom is -0.484 e. The average molecular weight is 369 g/mol. The first-order valence-corrected chi connectivity index (χ1v) is 8.28. The van der Waals surface area contributed by atoms with Crippen LogP contribution in [0.5, 0.6) is 5.75 Å². The highest BCUT2D eigenvalue weighted by Gasteiger charge is 2.31. The van der Waals surface area contributed by atoms with Gasteiger partial charge in [0.2, 0.25) is 0 Å². The number of alkyl halides is 3. The van der Waals surface area contributed by atoms with Crippen LogP contribution >= 0.6 is 0 Å². The number of benzene rings is 1. The maximum Gasteiger partial charge on any atom is 0.416 e. The number of amides is 1. The van der Waals surface area contributed by atoms with Gasteiger partial charge in [-0.2, -0.15) is 13.2 Å². The Bertz CT molecular complexity index is 705. The fourth-order valence-corrected chi connectivity index (χ4v) is 2.23. The molecule has 0 N–H and O–H groups in total. The van der Waals surface area contributed by atoms with Crippen molar-refractivity contribution >= 4 is 5.91 Å².